The number of hydrogen-bond donors (Lipinski definition) is 2. The SMILES string of the molecule is NCc1cc2c(nc1N1CCCCCC1CO)CCC2. The van der Waals surface area contributed by atoms with Crippen molar-refractivity contribution in [1.29, 1.82) is 0 Å². The first-order valence-corrected chi connectivity index (χ1v) is 7.92. The van der Waals surface area contributed by atoms with Gasteiger partial charge in [0, 0.05) is 24.3 Å². The highest BCUT2D eigenvalue weighted by atomic mass is 16.3. The number of aromatic nitrogens is 1. The Morgan fingerprint density at radius 2 is 2.15 bits per heavy atom. The molecule has 0 saturated carbocycles. The average molecular weight is 275 g/mol. The third kappa shape index (κ3) is 2.54. The topological polar surface area (TPSA) is 62.4 Å². The van der Waals surface area contributed by atoms with Crippen molar-refractivity contribution in [1.82, 2.24) is 4.98 Å². The molecule has 1 fully saturated rings. The van der Waals surface area contributed by atoms with E-state index in [0.29, 0.717) is 6.54 Å². The minimum absolute atomic E-state index is 0.203. The fraction of sp³-hybridized carbons (Fsp3) is 0.688. The van der Waals surface area contributed by atoms with Gasteiger partial charge < -0.3 is 15.7 Å². The maximum absolute atomic E-state index is 9.70. The lowest BCUT2D eigenvalue weighted by Crippen LogP contribution is -2.39. The van der Waals surface area contributed by atoms with Crippen LogP contribution in [0, 0.1) is 0 Å². The van der Waals surface area contributed by atoms with E-state index in [1.54, 1.807) is 0 Å². The molecule has 1 saturated heterocycles. The van der Waals surface area contributed by atoms with E-state index in [9.17, 15) is 5.11 Å². The molecule has 1 atom stereocenters. The zero-order chi connectivity index (χ0) is 13.9. The van der Waals surface area contributed by atoms with Gasteiger partial charge in [-0.2, -0.15) is 0 Å². The minimum atomic E-state index is 0.203. The molecular formula is C16H25N3O. The number of aryl methyl sites for hydroxylation is 2. The number of aliphatic hydroxyl groups excluding tert-OH is 1. The summed E-state index contributed by atoms with van der Waals surface area (Å²) in [5.74, 6) is 1.04. The van der Waals surface area contributed by atoms with Gasteiger partial charge in [0.15, 0.2) is 0 Å². The van der Waals surface area contributed by atoms with Crippen LogP contribution in [0.5, 0.6) is 0 Å². The first-order valence-electron chi connectivity index (χ1n) is 7.92. The molecule has 3 rings (SSSR count). The van der Waals surface area contributed by atoms with Crippen molar-refractivity contribution in [3.63, 3.8) is 0 Å². The van der Waals surface area contributed by atoms with Crippen LogP contribution in [0.4, 0.5) is 5.82 Å². The molecule has 1 aromatic rings. The lowest BCUT2D eigenvalue weighted by Gasteiger charge is -2.31. The molecule has 110 valence electrons. The molecule has 20 heavy (non-hydrogen) atoms. The molecule has 0 bridgehead atoms. The zero-order valence-electron chi connectivity index (χ0n) is 12.1. The first-order chi connectivity index (χ1) is 9.83. The molecular weight excluding hydrogens is 250 g/mol. The van der Waals surface area contributed by atoms with Crippen LogP contribution in [0.3, 0.4) is 0 Å². The summed E-state index contributed by atoms with van der Waals surface area (Å²) in [7, 11) is 0. The van der Waals surface area contributed by atoms with E-state index in [1.807, 2.05) is 0 Å². The van der Waals surface area contributed by atoms with Crippen molar-refractivity contribution in [2.45, 2.75) is 57.5 Å². The van der Waals surface area contributed by atoms with Crippen molar-refractivity contribution >= 4 is 5.82 Å². The van der Waals surface area contributed by atoms with Gasteiger partial charge in [-0.05, 0) is 43.7 Å². The van der Waals surface area contributed by atoms with Crippen LogP contribution in [0.1, 0.15) is 48.9 Å². The van der Waals surface area contributed by atoms with E-state index in [4.69, 9.17) is 10.7 Å². The monoisotopic (exact) mass is 275 g/mol. The Labute approximate surface area is 121 Å². The third-order valence-corrected chi connectivity index (χ3v) is 4.69. The summed E-state index contributed by atoms with van der Waals surface area (Å²) < 4.78 is 0. The van der Waals surface area contributed by atoms with Crippen molar-refractivity contribution in [3.8, 4) is 0 Å². The first kappa shape index (κ1) is 13.8. The van der Waals surface area contributed by atoms with Gasteiger partial charge >= 0.3 is 0 Å². The molecule has 1 aliphatic heterocycles. The number of fused-ring (bicyclic) bond motifs is 1. The molecule has 0 radical (unpaired) electrons. The average Bonchev–Trinajstić information content (AvgIpc) is 2.80. The summed E-state index contributed by atoms with van der Waals surface area (Å²) in [6.07, 6.45) is 8.11. The fourth-order valence-corrected chi connectivity index (χ4v) is 3.55. The number of aliphatic hydroxyl groups is 1. The Morgan fingerprint density at radius 3 is 2.95 bits per heavy atom. The number of anilines is 1. The summed E-state index contributed by atoms with van der Waals surface area (Å²) in [6, 6.07) is 2.46. The second-order valence-corrected chi connectivity index (χ2v) is 6.01. The van der Waals surface area contributed by atoms with Crippen LogP contribution < -0.4 is 10.6 Å². The molecule has 2 aliphatic rings. The fourth-order valence-electron chi connectivity index (χ4n) is 3.55. The number of nitrogens with two attached hydrogens (primary N) is 1. The predicted molar refractivity (Wildman–Crippen MR) is 80.8 cm³/mol. The third-order valence-electron chi connectivity index (χ3n) is 4.69. The molecule has 2 heterocycles. The van der Waals surface area contributed by atoms with E-state index in [0.717, 1.165) is 37.2 Å². The lowest BCUT2D eigenvalue weighted by atomic mass is 10.1. The second-order valence-electron chi connectivity index (χ2n) is 6.01. The number of rotatable bonds is 3. The molecule has 4 heteroatoms. The second kappa shape index (κ2) is 6.10. The van der Waals surface area contributed by atoms with E-state index in [2.05, 4.69) is 11.0 Å². The number of hydrogen-bond acceptors (Lipinski definition) is 4. The molecule has 0 amide bonds. The van der Waals surface area contributed by atoms with Crippen molar-refractivity contribution < 1.29 is 5.11 Å². The maximum Gasteiger partial charge on any atom is 0.133 e. The van der Waals surface area contributed by atoms with Crippen molar-refractivity contribution in [3.05, 3.63) is 22.9 Å². The van der Waals surface area contributed by atoms with Gasteiger partial charge in [-0.15, -0.1) is 0 Å². The molecule has 4 nitrogen and oxygen atoms in total. The smallest absolute Gasteiger partial charge is 0.133 e. The summed E-state index contributed by atoms with van der Waals surface area (Å²) in [5.41, 5.74) is 9.72. The molecule has 0 spiro atoms. The zero-order valence-corrected chi connectivity index (χ0v) is 12.1. The van der Waals surface area contributed by atoms with Gasteiger partial charge in [-0.3, -0.25) is 0 Å². The Hall–Kier alpha value is -1.13. The van der Waals surface area contributed by atoms with E-state index < -0.39 is 0 Å². The molecule has 1 aromatic heterocycles. The highest BCUT2D eigenvalue weighted by molar-refractivity contribution is 5.52. The highest BCUT2D eigenvalue weighted by Gasteiger charge is 2.25. The quantitative estimate of drug-likeness (QED) is 0.882. The summed E-state index contributed by atoms with van der Waals surface area (Å²) >= 11 is 0. The number of pyridine rings is 1. The molecule has 1 aliphatic carbocycles. The minimum Gasteiger partial charge on any atom is -0.394 e. The maximum atomic E-state index is 9.70. The molecule has 0 aromatic carbocycles. The molecule has 3 N–H and O–H groups in total. The van der Waals surface area contributed by atoms with Gasteiger partial charge in [0.05, 0.1) is 12.6 Å². The normalized spacial score (nSPS) is 22.7. The van der Waals surface area contributed by atoms with E-state index >= 15 is 0 Å². The van der Waals surface area contributed by atoms with Gasteiger partial charge in [0.2, 0.25) is 0 Å². The van der Waals surface area contributed by atoms with Gasteiger partial charge in [-0.25, -0.2) is 4.98 Å². The van der Waals surface area contributed by atoms with Crippen molar-refractivity contribution in [2.24, 2.45) is 5.73 Å². The van der Waals surface area contributed by atoms with E-state index in [1.165, 1.54) is 36.9 Å². The van der Waals surface area contributed by atoms with Crippen LogP contribution in [-0.4, -0.2) is 29.3 Å². The summed E-state index contributed by atoms with van der Waals surface area (Å²) in [4.78, 5) is 7.24. The van der Waals surface area contributed by atoms with Crippen LogP contribution in [0.15, 0.2) is 6.07 Å². The van der Waals surface area contributed by atoms with Crippen LogP contribution in [0.25, 0.3) is 0 Å². The Morgan fingerprint density at radius 1 is 1.25 bits per heavy atom. The number of nitrogens with zero attached hydrogens (tertiary/aromatic N) is 2. The Bertz CT molecular complexity index is 475. The highest BCUT2D eigenvalue weighted by Crippen LogP contribution is 2.30. The summed E-state index contributed by atoms with van der Waals surface area (Å²) in [5, 5.41) is 9.70. The lowest BCUT2D eigenvalue weighted by molar-refractivity contribution is 0.254. The Balaban J connectivity index is 1.98. The van der Waals surface area contributed by atoms with Crippen LogP contribution in [0.2, 0.25) is 0 Å². The van der Waals surface area contributed by atoms with Gasteiger partial charge in [0.25, 0.3) is 0 Å². The van der Waals surface area contributed by atoms with Crippen LogP contribution in [-0.2, 0) is 19.4 Å². The van der Waals surface area contributed by atoms with E-state index in [-0.39, 0.29) is 12.6 Å². The standard InChI is InChI=1S/C16H25N3O/c17-10-13-9-12-5-4-7-15(12)18-16(13)19-8-3-1-2-6-14(19)11-20/h9,14,20H,1-8,10-11,17H2. The molecule has 1 unspecified atom stereocenters. The summed E-state index contributed by atoms with van der Waals surface area (Å²) in [6.45, 7) is 1.73. The Kier molecular flexibility index (Phi) is 4.22. The van der Waals surface area contributed by atoms with Gasteiger partial charge in [-0.1, -0.05) is 12.8 Å². The van der Waals surface area contributed by atoms with Gasteiger partial charge in [0.1, 0.15) is 5.82 Å². The van der Waals surface area contributed by atoms with Crippen molar-refractivity contribution in [2.75, 3.05) is 18.1 Å². The predicted octanol–water partition coefficient (Wildman–Crippen LogP) is 1.77. The van der Waals surface area contributed by atoms with Crippen LogP contribution >= 0.6 is 0 Å². The largest absolute Gasteiger partial charge is 0.394 e.